The van der Waals surface area contributed by atoms with E-state index in [9.17, 15) is 4.79 Å². The third kappa shape index (κ3) is 4.13. The summed E-state index contributed by atoms with van der Waals surface area (Å²) in [5, 5.41) is 3.12. The molecule has 0 aliphatic heterocycles. The first-order chi connectivity index (χ1) is 6.94. The van der Waals surface area contributed by atoms with Crippen molar-refractivity contribution in [3.63, 3.8) is 0 Å². The predicted octanol–water partition coefficient (Wildman–Crippen LogP) is 3.24. The summed E-state index contributed by atoms with van der Waals surface area (Å²) >= 11 is 3.38. The van der Waals surface area contributed by atoms with Gasteiger partial charge in [0.15, 0.2) is 0 Å². The largest absolute Gasteiger partial charge is 0.352 e. The molecule has 0 bridgehead atoms. The number of hydrogen-bond donors (Lipinski definition) is 1. The lowest BCUT2D eigenvalue weighted by Gasteiger charge is -2.34. The van der Waals surface area contributed by atoms with E-state index in [4.69, 9.17) is 0 Å². The first-order valence-corrected chi connectivity index (χ1v) is 6.80. The standard InChI is InChI=1S/C12H22BrNO/c1-4-10(13)11(15)14-9-5-7-12(2,3)8-6-9/h9-10H,4-8H2,1-3H3,(H,14,15). The van der Waals surface area contributed by atoms with E-state index in [0.29, 0.717) is 11.5 Å². The topological polar surface area (TPSA) is 29.1 Å². The van der Waals surface area contributed by atoms with Crippen molar-refractivity contribution in [3.05, 3.63) is 0 Å². The highest BCUT2D eigenvalue weighted by molar-refractivity contribution is 9.10. The molecular formula is C12H22BrNO. The van der Waals surface area contributed by atoms with Gasteiger partial charge in [-0.3, -0.25) is 4.79 Å². The zero-order valence-electron chi connectivity index (χ0n) is 9.98. The van der Waals surface area contributed by atoms with Crippen LogP contribution in [-0.4, -0.2) is 16.8 Å². The average Bonchev–Trinajstić information content (AvgIpc) is 2.20. The van der Waals surface area contributed by atoms with Crippen molar-refractivity contribution >= 4 is 21.8 Å². The first kappa shape index (κ1) is 13.0. The Bertz CT molecular complexity index is 218. The summed E-state index contributed by atoms with van der Waals surface area (Å²) in [6, 6.07) is 0.400. The summed E-state index contributed by atoms with van der Waals surface area (Å²) in [6.45, 7) is 6.64. The van der Waals surface area contributed by atoms with E-state index in [0.717, 1.165) is 19.3 Å². The van der Waals surface area contributed by atoms with Gasteiger partial charge in [0.05, 0.1) is 4.83 Å². The molecule has 88 valence electrons. The van der Waals surface area contributed by atoms with Crippen LogP contribution in [0.3, 0.4) is 0 Å². The van der Waals surface area contributed by atoms with Crippen molar-refractivity contribution in [2.45, 2.75) is 63.7 Å². The van der Waals surface area contributed by atoms with Crippen molar-refractivity contribution in [1.82, 2.24) is 5.32 Å². The van der Waals surface area contributed by atoms with Gasteiger partial charge < -0.3 is 5.32 Å². The van der Waals surface area contributed by atoms with Crippen LogP contribution >= 0.6 is 15.9 Å². The molecule has 1 aliphatic carbocycles. The van der Waals surface area contributed by atoms with E-state index in [1.165, 1.54) is 12.8 Å². The highest BCUT2D eigenvalue weighted by Gasteiger charge is 2.28. The molecule has 1 aliphatic rings. The van der Waals surface area contributed by atoms with E-state index in [1.807, 2.05) is 6.92 Å². The molecule has 1 saturated carbocycles. The highest BCUT2D eigenvalue weighted by atomic mass is 79.9. The van der Waals surface area contributed by atoms with Gasteiger partial charge in [-0.1, -0.05) is 36.7 Å². The number of alkyl halides is 1. The van der Waals surface area contributed by atoms with Crippen molar-refractivity contribution < 1.29 is 4.79 Å². The summed E-state index contributed by atoms with van der Waals surface area (Å²) in [7, 11) is 0. The maximum atomic E-state index is 11.6. The predicted molar refractivity (Wildman–Crippen MR) is 67.2 cm³/mol. The molecule has 0 aromatic carbocycles. The van der Waals surface area contributed by atoms with Crippen molar-refractivity contribution in [2.24, 2.45) is 5.41 Å². The van der Waals surface area contributed by atoms with Crippen LogP contribution in [-0.2, 0) is 4.79 Å². The number of rotatable bonds is 3. The molecule has 0 heterocycles. The third-order valence-electron chi connectivity index (χ3n) is 3.33. The Hall–Kier alpha value is -0.0500. The number of carbonyl (C=O) groups excluding carboxylic acids is 1. The molecule has 1 fully saturated rings. The van der Waals surface area contributed by atoms with Gasteiger partial charge in [-0.05, 0) is 37.5 Å². The molecule has 1 N–H and O–H groups in total. The average molecular weight is 276 g/mol. The smallest absolute Gasteiger partial charge is 0.233 e. The van der Waals surface area contributed by atoms with E-state index < -0.39 is 0 Å². The maximum Gasteiger partial charge on any atom is 0.233 e. The number of halogens is 1. The molecule has 0 saturated heterocycles. The van der Waals surface area contributed by atoms with Crippen LogP contribution in [0.25, 0.3) is 0 Å². The maximum absolute atomic E-state index is 11.6. The Balaban J connectivity index is 2.33. The Kier molecular flexibility index (Phi) is 4.63. The summed E-state index contributed by atoms with van der Waals surface area (Å²) in [5.74, 6) is 0.155. The van der Waals surface area contributed by atoms with E-state index in [1.54, 1.807) is 0 Å². The fourth-order valence-electron chi connectivity index (χ4n) is 2.02. The van der Waals surface area contributed by atoms with Crippen LogP contribution in [0.2, 0.25) is 0 Å². The van der Waals surface area contributed by atoms with Crippen LogP contribution < -0.4 is 5.32 Å². The second-order valence-electron chi connectivity index (χ2n) is 5.32. The molecule has 0 aromatic rings. The lowest BCUT2D eigenvalue weighted by atomic mass is 9.75. The Morgan fingerprint density at radius 3 is 2.47 bits per heavy atom. The van der Waals surface area contributed by atoms with Crippen LogP contribution in [0.4, 0.5) is 0 Å². The highest BCUT2D eigenvalue weighted by Crippen LogP contribution is 2.35. The van der Waals surface area contributed by atoms with Crippen LogP contribution in [0.15, 0.2) is 0 Å². The molecule has 0 aromatic heterocycles. The molecular weight excluding hydrogens is 254 g/mol. The molecule has 1 rings (SSSR count). The van der Waals surface area contributed by atoms with Gasteiger partial charge in [-0.25, -0.2) is 0 Å². The molecule has 0 radical (unpaired) electrons. The van der Waals surface area contributed by atoms with Crippen LogP contribution in [0.1, 0.15) is 52.9 Å². The SMILES string of the molecule is CCC(Br)C(=O)NC1CCC(C)(C)CC1. The van der Waals surface area contributed by atoms with Gasteiger partial charge in [0.2, 0.25) is 5.91 Å². The van der Waals surface area contributed by atoms with Gasteiger partial charge >= 0.3 is 0 Å². The fraction of sp³-hybridized carbons (Fsp3) is 0.917. The normalized spacial score (nSPS) is 23.5. The third-order valence-corrected chi connectivity index (χ3v) is 4.39. The first-order valence-electron chi connectivity index (χ1n) is 5.89. The Morgan fingerprint density at radius 1 is 1.47 bits per heavy atom. The van der Waals surface area contributed by atoms with E-state index >= 15 is 0 Å². The van der Waals surface area contributed by atoms with Crippen molar-refractivity contribution in [1.29, 1.82) is 0 Å². The van der Waals surface area contributed by atoms with E-state index in [-0.39, 0.29) is 10.7 Å². The molecule has 0 spiro atoms. The van der Waals surface area contributed by atoms with Gasteiger partial charge in [-0.15, -0.1) is 0 Å². The van der Waals surface area contributed by atoms with Gasteiger partial charge in [0.25, 0.3) is 0 Å². The van der Waals surface area contributed by atoms with E-state index in [2.05, 4.69) is 35.1 Å². The van der Waals surface area contributed by atoms with Gasteiger partial charge in [0.1, 0.15) is 0 Å². The monoisotopic (exact) mass is 275 g/mol. The summed E-state index contributed by atoms with van der Waals surface area (Å²) in [6.07, 6.45) is 5.54. The molecule has 15 heavy (non-hydrogen) atoms. The minimum Gasteiger partial charge on any atom is -0.352 e. The number of carbonyl (C=O) groups is 1. The lowest BCUT2D eigenvalue weighted by Crippen LogP contribution is -2.42. The quantitative estimate of drug-likeness (QED) is 0.788. The zero-order chi connectivity index (χ0) is 11.5. The number of nitrogens with one attached hydrogen (secondary N) is 1. The second kappa shape index (κ2) is 5.33. The van der Waals surface area contributed by atoms with Crippen LogP contribution in [0.5, 0.6) is 0 Å². The van der Waals surface area contributed by atoms with Crippen molar-refractivity contribution in [2.75, 3.05) is 0 Å². The lowest BCUT2D eigenvalue weighted by molar-refractivity contribution is -0.121. The zero-order valence-corrected chi connectivity index (χ0v) is 11.6. The van der Waals surface area contributed by atoms with Gasteiger partial charge in [0, 0.05) is 6.04 Å². The molecule has 2 nitrogen and oxygen atoms in total. The summed E-state index contributed by atoms with van der Waals surface area (Å²) in [4.78, 5) is 11.6. The molecule has 1 atom stereocenters. The fourth-order valence-corrected chi connectivity index (χ4v) is 2.15. The molecule has 1 unspecified atom stereocenters. The number of amides is 1. The van der Waals surface area contributed by atoms with Gasteiger partial charge in [-0.2, -0.15) is 0 Å². The Morgan fingerprint density at radius 2 is 2.00 bits per heavy atom. The summed E-state index contributed by atoms with van der Waals surface area (Å²) < 4.78 is 0. The minimum atomic E-state index is -0.0209. The van der Waals surface area contributed by atoms with Crippen molar-refractivity contribution in [3.8, 4) is 0 Å². The number of hydrogen-bond acceptors (Lipinski definition) is 1. The molecule has 3 heteroatoms. The second-order valence-corrected chi connectivity index (χ2v) is 6.43. The minimum absolute atomic E-state index is 0.0209. The summed E-state index contributed by atoms with van der Waals surface area (Å²) in [5.41, 5.74) is 0.472. The molecule has 1 amide bonds. The Labute approximate surface area is 101 Å². The van der Waals surface area contributed by atoms with Crippen LogP contribution in [0, 0.1) is 5.41 Å².